The van der Waals surface area contributed by atoms with Gasteiger partial charge in [0.1, 0.15) is 0 Å². The first-order valence-corrected chi connectivity index (χ1v) is 4.43. The summed E-state index contributed by atoms with van der Waals surface area (Å²) < 4.78 is 4.97. The number of nitrogens with two attached hydrogens (primary N) is 1. The van der Waals surface area contributed by atoms with Crippen molar-refractivity contribution < 1.29 is 4.52 Å². The van der Waals surface area contributed by atoms with Gasteiger partial charge >= 0.3 is 0 Å². The van der Waals surface area contributed by atoms with Gasteiger partial charge in [0.15, 0.2) is 10.7 Å². The first-order valence-electron chi connectivity index (χ1n) is 4.05. The fraction of sp³-hybridized carbons (Fsp3) is 0.222. The van der Waals surface area contributed by atoms with E-state index in [-0.39, 0.29) is 0 Å². The Hall–Kier alpha value is -1.06. The van der Waals surface area contributed by atoms with E-state index in [0.717, 1.165) is 17.4 Å². The summed E-state index contributed by atoms with van der Waals surface area (Å²) in [6, 6.07) is 5.79. The molecule has 3 nitrogen and oxygen atoms in total. The molecule has 2 aromatic rings. The molecule has 2 N–H and O–H groups in total. The molecule has 13 heavy (non-hydrogen) atoms. The second kappa shape index (κ2) is 3.36. The minimum absolute atomic E-state index is 0.411. The number of hydrogen-bond acceptors (Lipinski definition) is 3. The van der Waals surface area contributed by atoms with Crippen molar-refractivity contribution in [3.8, 4) is 0 Å². The van der Waals surface area contributed by atoms with Crippen LogP contribution in [0.2, 0.25) is 5.15 Å². The van der Waals surface area contributed by atoms with E-state index in [0.29, 0.717) is 17.3 Å². The molecule has 0 aliphatic carbocycles. The molecule has 1 aromatic carbocycles. The van der Waals surface area contributed by atoms with Crippen LogP contribution in [0.4, 0.5) is 0 Å². The number of nitrogens with zero attached hydrogens (tertiary/aromatic N) is 1. The van der Waals surface area contributed by atoms with Crippen LogP contribution in [0.3, 0.4) is 0 Å². The Morgan fingerprint density at radius 1 is 1.46 bits per heavy atom. The Labute approximate surface area is 80.5 Å². The Bertz CT molecular complexity index is 424. The molecule has 2 rings (SSSR count). The average Bonchev–Trinajstić information content (AvgIpc) is 2.49. The predicted octanol–water partition coefficient (Wildman–Crippen LogP) is 1.98. The van der Waals surface area contributed by atoms with Crippen LogP contribution in [0.1, 0.15) is 5.56 Å². The Morgan fingerprint density at radius 3 is 3.08 bits per heavy atom. The van der Waals surface area contributed by atoms with E-state index in [1.807, 2.05) is 18.2 Å². The van der Waals surface area contributed by atoms with Crippen LogP contribution in [0, 0.1) is 0 Å². The van der Waals surface area contributed by atoms with Crippen LogP contribution >= 0.6 is 11.6 Å². The lowest BCUT2D eigenvalue weighted by Gasteiger charge is -1.96. The van der Waals surface area contributed by atoms with Gasteiger partial charge in [-0.05, 0) is 30.7 Å². The van der Waals surface area contributed by atoms with Gasteiger partial charge in [0.25, 0.3) is 0 Å². The molecule has 0 radical (unpaired) electrons. The van der Waals surface area contributed by atoms with Crippen LogP contribution in [-0.4, -0.2) is 11.7 Å². The van der Waals surface area contributed by atoms with Crippen molar-refractivity contribution >= 4 is 22.6 Å². The van der Waals surface area contributed by atoms with Crippen molar-refractivity contribution in [2.75, 3.05) is 6.54 Å². The van der Waals surface area contributed by atoms with E-state index in [2.05, 4.69) is 5.16 Å². The topological polar surface area (TPSA) is 52.0 Å². The van der Waals surface area contributed by atoms with Gasteiger partial charge in [-0.25, -0.2) is 0 Å². The minimum Gasteiger partial charge on any atom is -0.355 e. The molecule has 4 heteroatoms. The Balaban J connectivity index is 2.53. The molecule has 0 aliphatic heterocycles. The van der Waals surface area contributed by atoms with Gasteiger partial charge in [-0.15, -0.1) is 0 Å². The van der Waals surface area contributed by atoms with Crippen LogP contribution in [-0.2, 0) is 6.42 Å². The van der Waals surface area contributed by atoms with E-state index < -0.39 is 0 Å². The average molecular weight is 197 g/mol. The zero-order valence-corrected chi connectivity index (χ0v) is 7.71. The van der Waals surface area contributed by atoms with Crippen molar-refractivity contribution in [3.05, 3.63) is 28.9 Å². The van der Waals surface area contributed by atoms with Gasteiger partial charge in [0.2, 0.25) is 0 Å². The third-order valence-electron chi connectivity index (χ3n) is 1.92. The molecule has 68 valence electrons. The SMILES string of the molecule is NCCc1ccc2onc(Cl)c2c1. The van der Waals surface area contributed by atoms with Crippen molar-refractivity contribution in [1.82, 2.24) is 5.16 Å². The van der Waals surface area contributed by atoms with Crippen molar-refractivity contribution in [1.29, 1.82) is 0 Å². The molecule has 0 fully saturated rings. The summed E-state index contributed by atoms with van der Waals surface area (Å²) in [5.41, 5.74) is 7.31. The van der Waals surface area contributed by atoms with Gasteiger partial charge in [-0.3, -0.25) is 0 Å². The van der Waals surface area contributed by atoms with Crippen LogP contribution in [0.15, 0.2) is 22.7 Å². The maximum atomic E-state index is 5.81. The van der Waals surface area contributed by atoms with Crippen LogP contribution in [0.5, 0.6) is 0 Å². The van der Waals surface area contributed by atoms with E-state index in [1.165, 1.54) is 0 Å². The molecular weight excluding hydrogens is 188 g/mol. The highest BCUT2D eigenvalue weighted by Crippen LogP contribution is 2.23. The lowest BCUT2D eigenvalue weighted by atomic mass is 10.1. The summed E-state index contributed by atoms with van der Waals surface area (Å²) in [4.78, 5) is 0. The number of hydrogen-bond donors (Lipinski definition) is 1. The predicted molar refractivity (Wildman–Crippen MR) is 51.8 cm³/mol. The molecule has 1 aromatic heterocycles. The van der Waals surface area contributed by atoms with Gasteiger partial charge in [-0.2, -0.15) is 0 Å². The number of rotatable bonds is 2. The standard InChI is InChI=1S/C9H9ClN2O/c10-9-7-5-6(3-4-11)1-2-8(7)13-12-9/h1-2,5H,3-4,11H2. The van der Waals surface area contributed by atoms with Crippen LogP contribution < -0.4 is 5.73 Å². The lowest BCUT2D eigenvalue weighted by Crippen LogP contribution is -2.02. The number of aromatic nitrogens is 1. The fourth-order valence-corrected chi connectivity index (χ4v) is 1.46. The molecule has 0 saturated carbocycles. The monoisotopic (exact) mass is 196 g/mol. The second-order valence-electron chi connectivity index (χ2n) is 2.84. The molecule has 1 heterocycles. The molecule has 0 aliphatic rings. The first kappa shape index (κ1) is 8.53. The minimum atomic E-state index is 0.411. The smallest absolute Gasteiger partial charge is 0.180 e. The highest BCUT2D eigenvalue weighted by Gasteiger charge is 2.05. The van der Waals surface area contributed by atoms with E-state index in [1.54, 1.807) is 0 Å². The van der Waals surface area contributed by atoms with Crippen molar-refractivity contribution in [3.63, 3.8) is 0 Å². The van der Waals surface area contributed by atoms with Crippen molar-refractivity contribution in [2.24, 2.45) is 5.73 Å². The molecule has 0 saturated heterocycles. The van der Waals surface area contributed by atoms with Gasteiger partial charge in [-0.1, -0.05) is 22.8 Å². The Morgan fingerprint density at radius 2 is 2.31 bits per heavy atom. The third kappa shape index (κ3) is 1.53. The largest absolute Gasteiger partial charge is 0.355 e. The molecule has 0 atom stereocenters. The molecule has 0 spiro atoms. The molecule has 0 bridgehead atoms. The summed E-state index contributed by atoms with van der Waals surface area (Å²) >= 11 is 5.81. The Kier molecular flexibility index (Phi) is 2.20. The van der Waals surface area contributed by atoms with Gasteiger partial charge in [0.05, 0.1) is 5.39 Å². The maximum absolute atomic E-state index is 5.81. The van der Waals surface area contributed by atoms with E-state index in [9.17, 15) is 0 Å². The van der Waals surface area contributed by atoms with Crippen molar-refractivity contribution in [2.45, 2.75) is 6.42 Å². The quantitative estimate of drug-likeness (QED) is 0.799. The highest BCUT2D eigenvalue weighted by molar-refractivity contribution is 6.34. The summed E-state index contributed by atoms with van der Waals surface area (Å²) in [5, 5.41) is 4.92. The summed E-state index contributed by atoms with van der Waals surface area (Å²) in [5.74, 6) is 0. The summed E-state index contributed by atoms with van der Waals surface area (Å²) in [7, 11) is 0. The second-order valence-corrected chi connectivity index (χ2v) is 3.20. The molecule has 0 amide bonds. The first-order chi connectivity index (χ1) is 6.31. The number of fused-ring (bicyclic) bond motifs is 1. The molecular formula is C9H9ClN2O. The van der Waals surface area contributed by atoms with E-state index in [4.69, 9.17) is 21.9 Å². The fourth-order valence-electron chi connectivity index (χ4n) is 1.28. The molecule has 0 unspecified atom stereocenters. The maximum Gasteiger partial charge on any atom is 0.180 e. The van der Waals surface area contributed by atoms with Crippen LogP contribution in [0.25, 0.3) is 11.0 Å². The summed E-state index contributed by atoms with van der Waals surface area (Å²) in [6.07, 6.45) is 0.845. The third-order valence-corrected chi connectivity index (χ3v) is 2.20. The number of halogens is 1. The number of benzene rings is 1. The normalized spacial score (nSPS) is 10.9. The summed E-state index contributed by atoms with van der Waals surface area (Å²) in [6.45, 7) is 0.633. The zero-order valence-electron chi connectivity index (χ0n) is 6.96. The highest BCUT2D eigenvalue weighted by atomic mass is 35.5. The zero-order chi connectivity index (χ0) is 9.26. The van der Waals surface area contributed by atoms with Gasteiger partial charge in [0, 0.05) is 0 Å². The lowest BCUT2D eigenvalue weighted by molar-refractivity contribution is 0.457. The van der Waals surface area contributed by atoms with E-state index >= 15 is 0 Å². The van der Waals surface area contributed by atoms with Gasteiger partial charge < -0.3 is 10.3 Å².